The first-order chi connectivity index (χ1) is 9.29. The Hall–Kier alpha value is -1.78. The van der Waals surface area contributed by atoms with Crippen LogP contribution in [0.15, 0.2) is 28.6 Å². The van der Waals surface area contributed by atoms with E-state index in [0.29, 0.717) is 0 Å². The predicted molar refractivity (Wildman–Crippen MR) is 71.0 cm³/mol. The SMILES string of the molecule is O=[N+]([O-])c1ccc(NS(=O)(=O)c2cnc(Cl)s2)cc1F. The molecule has 7 nitrogen and oxygen atoms in total. The number of nitrogens with zero attached hydrogens (tertiary/aromatic N) is 2. The number of nitro groups is 1. The molecule has 1 heterocycles. The summed E-state index contributed by atoms with van der Waals surface area (Å²) in [6.07, 6.45) is 1.05. The number of nitrogens with one attached hydrogen (secondary N) is 1. The zero-order valence-electron chi connectivity index (χ0n) is 9.41. The normalized spacial score (nSPS) is 11.3. The van der Waals surface area contributed by atoms with Crippen LogP contribution in [0.1, 0.15) is 0 Å². The largest absolute Gasteiger partial charge is 0.304 e. The van der Waals surface area contributed by atoms with E-state index < -0.39 is 26.5 Å². The third-order valence-electron chi connectivity index (χ3n) is 2.12. The zero-order valence-corrected chi connectivity index (χ0v) is 11.8. The van der Waals surface area contributed by atoms with E-state index in [9.17, 15) is 22.9 Å². The van der Waals surface area contributed by atoms with Gasteiger partial charge >= 0.3 is 5.69 Å². The summed E-state index contributed by atoms with van der Waals surface area (Å²) in [5.74, 6) is -1.14. The summed E-state index contributed by atoms with van der Waals surface area (Å²) in [5, 5.41) is 10.4. The first-order valence-corrected chi connectivity index (χ1v) is 7.55. The van der Waals surface area contributed by atoms with Crippen molar-refractivity contribution < 1.29 is 17.7 Å². The van der Waals surface area contributed by atoms with Gasteiger partial charge in [0.05, 0.1) is 16.8 Å². The Kier molecular flexibility index (Phi) is 3.88. The standard InChI is InChI=1S/C9H5ClFN3O4S2/c10-9-12-4-8(19-9)20(17,18)13-5-1-2-7(14(15)16)6(11)3-5/h1-4,13H. The second kappa shape index (κ2) is 5.31. The topological polar surface area (TPSA) is 102 Å². The first kappa shape index (κ1) is 14.6. The van der Waals surface area contributed by atoms with Gasteiger partial charge in [0.2, 0.25) is 5.82 Å². The van der Waals surface area contributed by atoms with E-state index in [1.165, 1.54) is 0 Å². The Morgan fingerprint density at radius 3 is 2.65 bits per heavy atom. The Morgan fingerprint density at radius 1 is 1.45 bits per heavy atom. The summed E-state index contributed by atoms with van der Waals surface area (Å²) in [6, 6.07) is 2.67. The molecule has 0 bridgehead atoms. The fourth-order valence-electron chi connectivity index (χ4n) is 1.29. The molecule has 0 fully saturated rings. The van der Waals surface area contributed by atoms with Crippen LogP contribution >= 0.6 is 22.9 Å². The average Bonchev–Trinajstić information content (AvgIpc) is 2.75. The molecule has 1 aromatic heterocycles. The van der Waals surface area contributed by atoms with Crippen molar-refractivity contribution >= 4 is 44.3 Å². The smallest absolute Gasteiger partial charge is 0.279 e. The van der Waals surface area contributed by atoms with E-state index in [1.807, 2.05) is 0 Å². The molecule has 2 aromatic rings. The number of hydrogen-bond acceptors (Lipinski definition) is 6. The zero-order chi connectivity index (χ0) is 14.9. The van der Waals surface area contributed by atoms with E-state index in [1.54, 1.807) is 0 Å². The predicted octanol–water partition coefficient (Wildman–Crippen LogP) is 2.64. The van der Waals surface area contributed by atoms with Crippen LogP contribution in [-0.2, 0) is 10.0 Å². The van der Waals surface area contributed by atoms with Crippen molar-refractivity contribution in [1.82, 2.24) is 4.98 Å². The van der Waals surface area contributed by atoms with Crippen LogP contribution in [0.4, 0.5) is 15.8 Å². The minimum atomic E-state index is -3.96. The van der Waals surface area contributed by atoms with Crippen LogP contribution in [0.2, 0.25) is 4.47 Å². The molecule has 1 aromatic carbocycles. The number of nitro benzene ring substituents is 1. The van der Waals surface area contributed by atoms with Crippen molar-refractivity contribution in [2.45, 2.75) is 4.21 Å². The number of hydrogen-bond donors (Lipinski definition) is 1. The molecule has 2 rings (SSSR count). The lowest BCUT2D eigenvalue weighted by Gasteiger charge is -2.05. The van der Waals surface area contributed by atoms with Crippen molar-refractivity contribution in [2.24, 2.45) is 0 Å². The van der Waals surface area contributed by atoms with Crippen LogP contribution in [0.3, 0.4) is 0 Å². The van der Waals surface area contributed by atoms with Crippen LogP contribution in [-0.4, -0.2) is 18.3 Å². The van der Waals surface area contributed by atoms with Gasteiger partial charge in [-0.1, -0.05) is 22.9 Å². The maximum Gasteiger partial charge on any atom is 0.304 e. The van der Waals surface area contributed by atoms with E-state index in [-0.39, 0.29) is 14.4 Å². The number of thiazole rings is 1. The fraction of sp³-hybridized carbons (Fsp3) is 0. The Balaban J connectivity index is 2.30. The van der Waals surface area contributed by atoms with Crippen LogP contribution in [0.25, 0.3) is 0 Å². The highest BCUT2D eigenvalue weighted by atomic mass is 35.5. The number of rotatable bonds is 4. The molecule has 0 aliphatic rings. The summed E-state index contributed by atoms with van der Waals surface area (Å²) in [7, 11) is -3.96. The summed E-state index contributed by atoms with van der Waals surface area (Å²) in [6.45, 7) is 0. The molecule has 106 valence electrons. The van der Waals surface area contributed by atoms with Gasteiger partial charge in [-0.3, -0.25) is 14.8 Å². The van der Waals surface area contributed by atoms with Crippen molar-refractivity contribution in [2.75, 3.05) is 4.72 Å². The maximum atomic E-state index is 13.4. The molecule has 0 atom stereocenters. The van der Waals surface area contributed by atoms with Crippen molar-refractivity contribution in [3.8, 4) is 0 Å². The van der Waals surface area contributed by atoms with Crippen LogP contribution < -0.4 is 4.72 Å². The Labute approximate surface area is 121 Å². The maximum absolute atomic E-state index is 13.4. The second-order valence-electron chi connectivity index (χ2n) is 3.46. The second-order valence-corrected chi connectivity index (χ2v) is 6.98. The van der Waals surface area contributed by atoms with E-state index >= 15 is 0 Å². The molecule has 0 radical (unpaired) electrons. The third kappa shape index (κ3) is 3.03. The molecule has 0 saturated carbocycles. The molecule has 20 heavy (non-hydrogen) atoms. The van der Waals surface area contributed by atoms with Gasteiger partial charge in [-0.25, -0.2) is 13.4 Å². The lowest BCUT2D eigenvalue weighted by atomic mass is 10.3. The summed E-state index contributed by atoms with van der Waals surface area (Å²) in [4.78, 5) is 13.1. The molecule has 0 aliphatic carbocycles. The van der Waals surface area contributed by atoms with Gasteiger partial charge in [0.1, 0.15) is 0 Å². The highest BCUT2D eigenvalue weighted by molar-refractivity contribution is 7.94. The monoisotopic (exact) mass is 337 g/mol. The van der Waals surface area contributed by atoms with Gasteiger partial charge in [-0.2, -0.15) is 4.39 Å². The highest BCUT2D eigenvalue weighted by Gasteiger charge is 2.20. The molecule has 0 spiro atoms. The highest BCUT2D eigenvalue weighted by Crippen LogP contribution is 2.26. The van der Waals surface area contributed by atoms with Gasteiger partial charge in [0.25, 0.3) is 10.0 Å². The van der Waals surface area contributed by atoms with Crippen LogP contribution in [0, 0.1) is 15.9 Å². The number of aromatic nitrogens is 1. The molecular weight excluding hydrogens is 333 g/mol. The van der Waals surface area contributed by atoms with Crippen molar-refractivity contribution in [3.63, 3.8) is 0 Å². The molecule has 11 heteroatoms. The molecule has 1 N–H and O–H groups in total. The Morgan fingerprint density at radius 2 is 2.15 bits per heavy atom. The average molecular weight is 338 g/mol. The summed E-state index contributed by atoms with van der Waals surface area (Å²) >= 11 is 6.26. The minimum Gasteiger partial charge on any atom is -0.279 e. The molecule has 0 saturated heterocycles. The van der Waals surface area contributed by atoms with E-state index in [0.717, 1.165) is 35.7 Å². The number of halogens is 2. The van der Waals surface area contributed by atoms with Gasteiger partial charge in [0, 0.05) is 12.1 Å². The van der Waals surface area contributed by atoms with Crippen LogP contribution in [0.5, 0.6) is 0 Å². The van der Waals surface area contributed by atoms with Gasteiger partial charge in [0.15, 0.2) is 8.68 Å². The number of anilines is 1. The number of benzene rings is 1. The van der Waals surface area contributed by atoms with Crippen molar-refractivity contribution in [1.29, 1.82) is 0 Å². The molecular formula is C9H5ClFN3O4S2. The quantitative estimate of drug-likeness (QED) is 0.682. The molecule has 0 unspecified atom stereocenters. The number of sulfonamides is 1. The molecule has 0 amide bonds. The Bertz CT molecular complexity index is 777. The van der Waals surface area contributed by atoms with Crippen molar-refractivity contribution in [3.05, 3.63) is 44.8 Å². The molecule has 0 aliphatic heterocycles. The lowest BCUT2D eigenvalue weighted by molar-refractivity contribution is -0.387. The summed E-state index contributed by atoms with van der Waals surface area (Å²) < 4.78 is 39.1. The first-order valence-electron chi connectivity index (χ1n) is 4.88. The minimum absolute atomic E-state index is 0.0419. The lowest BCUT2D eigenvalue weighted by Crippen LogP contribution is -2.11. The van der Waals surface area contributed by atoms with Gasteiger partial charge < -0.3 is 0 Å². The van der Waals surface area contributed by atoms with E-state index in [4.69, 9.17) is 11.6 Å². The van der Waals surface area contributed by atoms with Gasteiger partial charge in [-0.05, 0) is 6.07 Å². The van der Waals surface area contributed by atoms with Gasteiger partial charge in [-0.15, -0.1) is 0 Å². The fourth-order valence-corrected chi connectivity index (χ4v) is 3.63. The van der Waals surface area contributed by atoms with E-state index in [2.05, 4.69) is 9.71 Å². The third-order valence-corrected chi connectivity index (χ3v) is 5.08. The summed E-state index contributed by atoms with van der Waals surface area (Å²) in [5.41, 5.74) is -0.883.